The first kappa shape index (κ1) is 13.1. The van der Waals surface area contributed by atoms with Gasteiger partial charge in [-0.15, -0.1) is 0 Å². The fourth-order valence-corrected chi connectivity index (χ4v) is 4.77. The van der Waals surface area contributed by atoms with Gasteiger partial charge in [0, 0.05) is 12.5 Å². The lowest BCUT2D eigenvalue weighted by Crippen LogP contribution is -2.59. The Labute approximate surface area is 114 Å². The van der Waals surface area contributed by atoms with Crippen LogP contribution in [0.1, 0.15) is 52.9 Å². The number of piperidine rings is 1. The highest BCUT2D eigenvalue weighted by Crippen LogP contribution is 2.62. The van der Waals surface area contributed by atoms with Crippen LogP contribution in [0.15, 0.2) is 0 Å². The summed E-state index contributed by atoms with van der Waals surface area (Å²) >= 11 is 0. The zero-order valence-electron chi connectivity index (χ0n) is 12.1. The maximum absolute atomic E-state index is 11.9. The van der Waals surface area contributed by atoms with Crippen LogP contribution in [0.5, 0.6) is 0 Å². The Balaban J connectivity index is 1.76. The first-order valence-electron chi connectivity index (χ1n) is 7.43. The second-order valence-corrected chi connectivity index (χ2v) is 7.52. The lowest BCUT2D eigenvalue weighted by molar-refractivity contribution is -0.135. The molecule has 4 atom stereocenters. The zero-order chi connectivity index (χ0) is 13.8. The predicted molar refractivity (Wildman–Crippen MR) is 72.3 cm³/mol. The van der Waals surface area contributed by atoms with E-state index in [1.165, 1.54) is 19.3 Å². The standard InChI is InChI=1S/C15H24N2O2/c1-14(2)9-6-7-15(3,8-9)13(14)16-10-4-5-11(18)17-12(10)19/h9-10,13,16H,4-8H2,1-3H3,(H,17,18,19)/t9-,10?,13?,15+/m0/s1. The molecule has 3 fully saturated rings. The van der Waals surface area contributed by atoms with E-state index in [4.69, 9.17) is 0 Å². The van der Waals surface area contributed by atoms with E-state index in [-0.39, 0.29) is 23.3 Å². The largest absolute Gasteiger partial charge is 0.302 e. The van der Waals surface area contributed by atoms with Gasteiger partial charge in [0.25, 0.3) is 0 Å². The van der Waals surface area contributed by atoms with E-state index in [0.29, 0.717) is 24.3 Å². The van der Waals surface area contributed by atoms with E-state index in [9.17, 15) is 9.59 Å². The molecular weight excluding hydrogens is 240 g/mol. The Morgan fingerprint density at radius 2 is 1.95 bits per heavy atom. The SMILES string of the molecule is CC1(C)C(NC2CCC(=O)NC2=O)[C@]2(C)CC[C@H]1C2. The number of amides is 2. The first-order chi connectivity index (χ1) is 8.83. The third-order valence-electron chi connectivity index (χ3n) is 5.88. The molecule has 19 heavy (non-hydrogen) atoms. The summed E-state index contributed by atoms with van der Waals surface area (Å²) in [6.45, 7) is 7.00. The van der Waals surface area contributed by atoms with Crippen molar-refractivity contribution in [1.29, 1.82) is 0 Å². The van der Waals surface area contributed by atoms with Gasteiger partial charge in [0.05, 0.1) is 6.04 Å². The molecule has 3 rings (SSSR count). The van der Waals surface area contributed by atoms with E-state index in [0.717, 1.165) is 5.92 Å². The van der Waals surface area contributed by atoms with Gasteiger partial charge in [-0.1, -0.05) is 20.8 Å². The molecule has 0 aromatic heterocycles. The van der Waals surface area contributed by atoms with E-state index >= 15 is 0 Å². The third kappa shape index (κ3) is 1.92. The second kappa shape index (κ2) is 4.05. The first-order valence-corrected chi connectivity index (χ1v) is 7.43. The fraction of sp³-hybridized carbons (Fsp3) is 0.867. The molecule has 4 heteroatoms. The molecule has 2 N–H and O–H groups in total. The Hall–Kier alpha value is -0.900. The normalized spacial score (nSPS) is 44.5. The van der Waals surface area contributed by atoms with Crippen molar-refractivity contribution in [1.82, 2.24) is 10.6 Å². The van der Waals surface area contributed by atoms with E-state index in [2.05, 4.69) is 31.4 Å². The minimum Gasteiger partial charge on any atom is -0.302 e. The molecule has 2 amide bonds. The Kier molecular flexibility index (Phi) is 2.79. The van der Waals surface area contributed by atoms with Gasteiger partial charge < -0.3 is 5.32 Å². The van der Waals surface area contributed by atoms with Crippen LogP contribution in [0.25, 0.3) is 0 Å². The summed E-state index contributed by atoms with van der Waals surface area (Å²) in [6, 6.07) is 0.181. The number of imide groups is 1. The average molecular weight is 264 g/mol. The average Bonchev–Trinajstić information content (AvgIpc) is 2.78. The van der Waals surface area contributed by atoms with Gasteiger partial charge in [0.1, 0.15) is 0 Å². The van der Waals surface area contributed by atoms with Crippen molar-refractivity contribution in [2.45, 2.75) is 65.0 Å². The fourth-order valence-electron chi connectivity index (χ4n) is 4.77. The van der Waals surface area contributed by atoms with Crippen LogP contribution >= 0.6 is 0 Å². The Morgan fingerprint density at radius 3 is 2.53 bits per heavy atom. The van der Waals surface area contributed by atoms with Crippen molar-refractivity contribution < 1.29 is 9.59 Å². The minimum absolute atomic E-state index is 0.138. The van der Waals surface area contributed by atoms with E-state index in [1.54, 1.807) is 0 Å². The molecule has 1 heterocycles. The topological polar surface area (TPSA) is 58.2 Å². The highest BCUT2D eigenvalue weighted by atomic mass is 16.2. The number of rotatable bonds is 2. The summed E-state index contributed by atoms with van der Waals surface area (Å²) in [4.78, 5) is 23.1. The summed E-state index contributed by atoms with van der Waals surface area (Å²) in [5.41, 5.74) is 0.560. The van der Waals surface area contributed by atoms with Crippen molar-refractivity contribution in [3.05, 3.63) is 0 Å². The van der Waals surface area contributed by atoms with Crippen LogP contribution in [0.4, 0.5) is 0 Å². The number of fused-ring (bicyclic) bond motifs is 2. The smallest absolute Gasteiger partial charge is 0.243 e. The van der Waals surface area contributed by atoms with E-state index < -0.39 is 0 Å². The van der Waals surface area contributed by atoms with Gasteiger partial charge in [0.2, 0.25) is 11.8 Å². The molecule has 0 spiro atoms. The Morgan fingerprint density at radius 1 is 1.21 bits per heavy atom. The lowest BCUT2D eigenvalue weighted by Gasteiger charge is -2.45. The van der Waals surface area contributed by atoms with Crippen LogP contribution in [0, 0.1) is 16.7 Å². The second-order valence-electron chi connectivity index (χ2n) is 7.52. The van der Waals surface area contributed by atoms with Gasteiger partial charge in [0.15, 0.2) is 0 Å². The highest BCUT2D eigenvalue weighted by Gasteiger charge is 2.59. The maximum atomic E-state index is 11.9. The highest BCUT2D eigenvalue weighted by molar-refractivity contribution is 6.00. The molecule has 4 nitrogen and oxygen atoms in total. The van der Waals surface area contributed by atoms with Crippen molar-refractivity contribution in [3.63, 3.8) is 0 Å². The monoisotopic (exact) mass is 264 g/mol. The van der Waals surface area contributed by atoms with Crippen LogP contribution in [0.3, 0.4) is 0 Å². The molecule has 0 aromatic rings. The summed E-state index contributed by atoms with van der Waals surface area (Å²) in [5.74, 6) is 0.489. The number of hydrogen-bond acceptors (Lipinski definition) is 3. The molecule has 0 radical (unpaired) electrons. The van der Waals surface area contributed by atoms with Gasteiger partial charge in [-0.3, -0.25) is 14.9 Å². The van der Waals surface area contributed by atoms with Gasteiger partial charge >= 0.3 is 0 Å². The molecule has 1 saturated heterocycles. The number of hydrogen-bond donors (Lipinski definition) is 2. The third-order valence-corrected chi connectivity index (χ3v) is 5.88. The summed E-state index contributed by atoms with van der Waals surface area (Å²) < 4.78 is 0. The minimum atomic E-state index is -0.196. The summed E-state index contributed by atoms with van der Waals surface area (Å²) in [7, 11) is 0. The molecule has 2 unspecified atom stereocenters. The number of nitrogens with one attached hydrogen (secondary N) is 2. The molecule has 106 valence electrons. The molecule has 1 aliphatic heterocycles. The van der Waals surface area contributed by atoms with Crippen molar-refractivity contribution in [2.75, 3.05) is 0 Å². The van der Waals surface area contributed by atoms with Gasteiger partial charge in [-0.2, -0.15) is 0 Å². The van der Waals surface area contributed by atoms with Gasteiger partial charge in [-0.05, 0) is 42.4 Å². The Bertz CT molecular complexity index is 427. The molecule has 2 saturated carbocycles. The predicted octanol–water partition coefficient (Wildman–Crippen LogP) is 1.60. The molecule has 2 bridgehead atoms. The van der Waals surface area contributed by atoms with E-state index in [1.807, 2.05) is 0 Å². The van der Waals surface area contributed by atoms with Crippen LogP contribution in [-0.4, -0.2) is 23.9 Å². The molecular formula is C15H24N2O2. The summed E-state index contributed by atoms with van der Waals surface area (Å²) in [5, 5.41) is 6.03. The molecule has 3 aliphatic rings. The van der Waals surface area contributed by atoms with Crippen molar-refractivity contribution in [2.24, 2.45) is 16.7 Å². The zero-order valence-corrected chi connectivity index (χ0v) is 12.1. The van der Waals surface area contributed by atoms with Crippen LogP contribution < -0.4 is 10.6 Å². The van der Waals surface area contributed by atoms with Crippen LogP contribution in [0.2, 0.25) is 0 Å². The lowest BCUT2D eigenvalue weighted by atomic mass is 9.68. The van der Waals surface area contributed by atoms with Crippen LogP contribution in [-0.2, 0) is 9.59 Å². The molecule has 2 aliphatic carbocycles. The number of carbonyl (C=O) groups is 2. The number of carbonyl (C=O) groups excluding carboxylic acids is 2. The quantitative estimate of drug-likeness (QED) is 0.745. The summed E-state index contributed by atoms with van der Waals surface area (Å²) in [6.07, 6.45) is 4.93. The maximum Gasteiger partial charge on any atom is 0.243 e. The van der Waals surface area contributed by atoms with Gasteiger partial charge in [-0.25, -0.2) is 0 Å². The molecule has 0 aromatic carbocycles. The van der Waals surface area contributed by atoms with Crippen molar-refractivity contribution >= 4 is 11.8 Å². The van der Waals surface area contributed by atoms with Crippen molar-refractivity contribution in [3.8, 4) is 0 Å².